The maximum Gasteiger partial charge on any atom is 0.341 e. The summed E-state index contributed by atoms with van der Waals surface area (Å²) >= 11 is 1.33. The summed E-state index contributed by atoms with van der Waals surface area (Å²) in [6, 6.07) is 15.4. The molecule has 1 aromatic heterocycles. The molecule has 1 N–H and O–H groups in total. The van der Waals surface area contributed by atoms with Crippen LogP contribution in [0, 0.1) is 13.8 Å². The van der Waals surface area contributed by atoms with Crippen LogP contribution in [0.15, 0.2) is 54.6 Å². The van der Waals surface area contributed by atoms with Crippen LogP contribution >= 0.6 is 11.3 Å². The van der Waals surface area contributed by atoms with Gasteiger partial charge in [-0.15, -0.1) is 11.3 Å². The number of ketones is 1. The normalized spacial score (nSPS) is 10.4. The minimum absolute atomic E-state index is 0.106. The molecule has 0 spiro atoms. The quantitative estimate of drug-likeness (QED) is 0.506. The number of amides is 1. The molecule has 0 saturated carbocycles. The van der Waals surface area contributed by atoms with Crippen LogP contribution in [0.1, 0.15) is 47.1 Å². The standard InChI is InChI=1S/C22H19NO4S/c1-13-14(2)28-21(18(13)22(26)27-3)23-20(25)17-11-9-16(10-12-17)19(24)15-7-5-4-6-8-15/h4-12H,1-3H3,(H,23,25). The molecule has 1 amide bonds. The highest BCUT2D eigenvalue weighted by Crippen LogP contribution is 2.33. The molecule has 0 unspecified atom stereocenters. The summed E-state index contributed by atoms with van der Waals surface area (Å²) < 4.78 is 4.82. The lowest BCUT2D eigenvalue weighted by atomic mass is 10.0. The molecular weight excluding hydrogens is 374 g/mol. The third-order valence-electron chi connectivity index (χ3n) is 4.45. The van der Waals surface area contributed by atoms with Crippen molar-refractivity contribution in [2.24, 2.45) is 0 Å². The van der Waals surface area contributed by atoms with E-state index in [-0.39, 0.29) is 11.7 Å². The van der Waals surface area contributed by atoms with Crippen molar-refractivity contribution in [3.8, 4) is 0 Å². The van der Waals surface area contributed by atoms with Crippen LogP contribution in [0.3, 0.4) is 0 Å². The number of benzene rings is 2. The van der Waals surface area contributed by atoms with Gasteiger partial charge in [0.25, 0.3) is 5.91 Å². The van der Waals surface area contributed by atoms with Crippen molar-refractivity contribution in [2.75, 3.05) is 12.4 Å². The van der Waals surface area contributed by atoms with E-state index in [1.807, 2.05) is 19.9 Å². The second-order valence-electron chi connectivity index (χ2n) is 6.21. The summed E-state index contributed by atoms with van der Waals surface area (Å²) in [5.41, 5.74) is 2.64. The Balaban J connectivity index is 1.80. The maximum absolute atomic E-state index is 12.6. The van der Waals surface area contributed by atoms with E-state index < -0.39 is 5.97 Å². The van der Waals surface area contributed by atoms with Gasteiger partial charge in [-0.25, -0.2) is 4.79 Å². The molecule has 3 aromatic rings. The number of thiophene rings is 1. The first-order valence-corrected chi connectivity index (χ1v) is 9.43. The van der Waals surface area contributed by atoms with E-state index in [1.165, 1.54) is 18.4 Å². The van der Waals surface area contributed by atoms with E-state index in [9.17, 15) is 14.4 Å². The molecule has 0 aliphatic carbocycles. The number of ether oxygens (including phenoxy) is 1. The Bertz CT molecular complexity index is 1040. The topological polar surface area (TPSA) is 72.5 Å². The van der Waals surface area contributed by atoms with Gasteiger partial charge in [0.2, 0.25) is 0 Å². The molecule has 0 atom stereocenters. The molecule has 0 aliphatic heterocycles. The second kappa shape index (κ2) is 8.19. The lowest BCUT2D eigenvalue weighted by molar-refractivity contribution is 0.0601. The average Bonchev–Trinajstić information content (AvgIpc) is 3.00. The third kappa shape index (κ3) is 3.87. The molecule has 142 valence electrons. The third-order valence-corrected chi connectivity index (χ3v) is 5.57. The van der Waals surface area contributed by atoms with Crippen LogP contribution in [0.5, 0.6) is 0 Å². The molecule has 0 fully saturated rings. The highest BCUT2D eigenvalue weighted by atomic mass is 32.1. The minimum atomic E-state index is -0.485. The fraction of sp³-hybridized carbons (Fsp3) is 0.136. The van der Waals surface area contributed by atoms with E-state index in [2.05, 4.69) is 5.32 Å². The fourth-order valence-electron chi connectivity index (χ4n) is 2.77. The second-order valence-corrected chi connectivity index (χ2v) is 7.43. The molecule has 0 bridgehead atoms. The van der Waals surface area contributed by atoms with Gasteiger partial charge in [-0.3, -0.25) is 9.59 Å². The van der Waals surface area contributed by atoms with Gasteiger partial charge in [0.15, 0.2) is 5.78 Å². The number of aryl methyl sites for hydroxylation is 1. The summed E-state index contributed by atoms with van der Waals surface area (Å²) in [6.07, 6.45) is 0. The largest absolute Gasteiger partial charge is 0.465 e. The van der Waals surface area contributed by atoms with Gasteiger partial charge in [-0.2, -0.15) is 0 Å². The number of anilines is 1. The number of carbonyl (C=O) groups is 3. The molecular formula is C22H19NO4S. The zero-order valence-electron chi connectivity index (χ0n) is 15.7. The average molecular weight is 393 g/mol. The molecule has 3 rings (SSSR count). The maximum atomic E-state index is 12.6. The van der Waals surface area contributed by atoms with Crippen LogP contribution in [-0.4, -0.2) is 24.8 Å². The molecule has 5 nitrogen and oxygen atoms in total. The SMILES string of the molecule is COC(=O)c1c(NC(=O)c2ccc(C(=O)c3ccccc3)cc2)sc(C)c1C. The molecule has 0 aliphatic rings. The molecule has 6 heteroatoms. The zero-order valence-corrected chi connectivity index (χ0v) is 16.6. The Morgan fingerprint density at radius 2 is 1.43 bits per heavy atom. The van der Waals surface area contributed by atoms with E-state index in [0.29, 0.717) is 27.3 Å². The number of hydrogen-bond donors (Lipinski definition) is 1. The molecule has 2 aromatic carbocycles. The van der Waals surface area contributed by atoms with E-state index in [0.717, 1.165) is 10.4 Å². The Hall–Kier alpha value is -3.25. The van der Waals surface area contributed by atoms with Gasteiger partial charge in [0.05, 0.1) is 12.7 Å². The summed E-state index contributed by atoms with van der Waals surface area (Å²) in [6.45, 7) is 3.70. The number of carbonyl (C=O) groups excluding carboxylic acids is 3. The Morgan fingerprint density at radius 1 is 0.857 bits per heavy atom. The summed E-state index contributed by atoms with van der Waals surface area (Å²) in [5.74, 6) is -0.948. The van der Waals surface area contributed by atoms with Crippen molar-refractivity contribution in [3.63, 3.8) is 0 Å². The van der Waals surface area contributed by atoms with Crippen molar-refractivity contribution >= 4 is 34.0 Å². The van der Waals surface area contributed by atoms with Crippen LogP contribution in [0.25, 0.3) is 0 Å². The Morgan fingerprint density at radius 3 is 2.04 bits per heavy atom. The number of hydrogen-bond acceptors (Lipinski definition) is 5. The Kier molecular flexibility index (Phi) is 5.70. The number of esters is 1. The van der Waals surface area contributed by atoms with E-state index in [4.69, 9.17) is 4.74 Å². The van der Waals surface area contributed by atoms with Gasteiger partial charge in [0.1, 0.15) is 5.00 Å². The van der Waals surface area contributed by atoms with Crippen LogP contribution in [-0.2, 0) is 4.74 Å². The van der Waals surface area contributed by atoms with Gasteiger partial charge < -0.3 is 10.1 Å². The Labute approximate surface area is 167 Å². The van der Waals surface area contributed by atoms with Crippen molar-refractivity contribution in [2.45, 2.75) is 13.8 Å². The number of methoxy groups -OCH3 is 1. The molecule has 0 radical (unpaired) electrons. The number of rotatable bonds is 5. The fourth-order valence-corrected chi connectivity index (χ4v) is 3.81. The van der Waals surface area contributed by atoms with Crippen molar-refractivity contribution in [3.05, 3.63) is 87.3 Å². The van der Waals surface area contributed by atoms with E-state index in [1.54, 1.807) is 48.5 Å². The first-order valence-electron chi connectivity index (χ1n) is 8.62. The monoisotopic (exact) mass is 393 g/mol. The molecule has 0 saturated heterocycles. The highest BCUT2D eigenvalue weighted by Gasteiger charge is 2.22. The van der Waals surface area contributed by atoms with Crippen LogP contribution in [0.4, 0.5) is 5.00 Å². The first-order chi connectivity index (χ1) is 13.4. The van der Waals surface area contributed by atoms with Crippen LogP contribution < -0.4 is 5.32 Å². The lowest BCUT2D eigenvalue weighted by Crippen LogP contribution is -2.14. The summed E-state index contributed by atoms with van der Waals surface area (Å²) in [7, 11) is 1.31. The predicted molar refractivity (Wildman–Crippen MR) is 109 cm³/mol. The van der Waals surface area contributed by atoms with Crippen LogP contribution in [0.2, 0.25) is 0 Å². The highest BCUT2D eigenvalue weighted by molar-refractivity contribution is 7.16. The van der Waals surface area contributed by atoms with Crippen molar-refractivity contribution in [1.82, 2.24) is 0 Å². The van der Waals surface area contributed by atoms with Gasteiger partial charge in [0, 0.05) is 21.6 Å². The number of nitrogens with one attached hydrogen (secondary N) is 1. The predicted octanol–water partition coefficient (Wildman–Crippen LogP) is 4.63. The minimum Gasteiger partial charge on any atom is -0.465 e. The summed E-state index contributed by atoms with van der Waals surface area (Å²) in [4.78, 5) is 38.0. The summed E-state index contributed by atoms with van der Waals surface area (Å²) in [5, 5.41) is 3.23. The van der Waals surface area contributed by atoms with Crippen molar-refractivity contribution in [1.29, 1.82) is 0 Å². The first kappa shape index (κ1) is 19.5. The van der Waals surface area contributed by atoms with Gasteiger partial charge in [-0.1, -0.05) is 42.5 Å². The molecule has 28 heavy (non-hydrogen) atoms. The van der Waals surface area contributed by atoms with E-state index >= 15 is 0 Å². The van der Waals surface area contributed by atoms with Gasteiger partial charge in [-0.05, 0) is 31.5 Å². The lowest BCUT2D eigenvalue weighted by Gasteiger charge is -2.07. The van der Waals surface area contributed by atoms with Crippen molar-refractivity contribution < 1.29 is 19.1 Å². The van der Waals surface area contributed by atoms with Gasteiger partial charge >= 0.3 is 5.97 Å². The zero-order chi connectivity index (χ0) is 20.3. The smallest absolute Gasteiger partial charge is 0.341 e. The molecule has 1 heterocycles.